The largest absolute Gasteiger partial charge is 0.350 e. The van der Waals surface area contributed by atoms with Gasteiger partial charge in [0.25, 0.3) is 0 Å². The van der Waals surface area contributed by atoms with E-state index in [9.17, 15) is 4.79 Å². The molecule has 1 unspecified atom stereocenters. The molecule has 0 aliphatic heterocycles. The fourth-order valence-electron chi connectivity index (χ4n) is 2.73. The number of rotatable bonds is 4. The second kappa shape index (κ2) is 7.00. The zero-order chi connectivity index (χ0) is 16.3. The number of thioether (sulfide) groups is 1. The molecule has 0 aromatic heterocycles. The van der Waals surface area contributed by atoms with E-state index in [1.807, 2.05) is 0 Å². The van der Waals surface area contributed by atoms with Gasteiger partial charge in [-0.15, -0.1) is 11.8 Å². The lowest BCUT2D eigenvalue weighted by Crippen LogP contribution is -2.25. The van der Waals surface area contributed by atoms with Crippen LogP contribution >= 0.6 is 11.8 Å². The molecular formula is C17H26N2OSSi. The van der Waals surface area contributed by atoms with Gasteiger partial charge in [0.1, 0.15) is 0 Å². The second-order valence-electron chi connectivity index (χ2n) is 7.09. The lowest BCUT2D eigenvalue weighted by Gasteiger charge is -2.15. The van der Waals surface area contributed by atoms with Crippen LogP contribution in [0.5, 0.6) is 0 Å². The van der Waals surface area contributed by atoms with Gasteiger partial charge in [-0.1, -0.05) is 31.8 Å². The van der Waals surface area contributed by atoms with E-state index in [2.05, 4.69) is 49.4 Å². The van der Waals surface area contributed by atoms with Crippen LogP contribution in [0.2, 0.25) is 19.6 Å². The summed E-state index contributed by atoms with van der Waals surface area (Å²) in [7, 11) is -1.17. The molecule has 1 amide bonds. The average Bonchev–Trinajstić information content (AvgIpc) is 2.80. The molecule has 5 heteroatoms. The van der Waals surface area contributed by atoms with Crippen LogP contribution in [0.1, 0.15) is 36.1 Å². The Labute approximate surface area is 139 Å². The van der Waals surface area contributed by atoms with Crippen molar-refractivity contribution in [2.24, 2.45) is 4.99 Å². The van der Waals surface area contributed by atoms with Crippen molar-refractivity contribution in [3.63, 3.8) is 0 Å². The van der Waals surface area contributed by atoms with Gasteiger partial charge in [-0.3, -0.25) is 9.79 Å². The van der Waals surface area contributed by atoms with E-state index < -0.39 is 8.07 Å². The summed E-state index contributed by atoms with van der Waals surface area (Å²) in [4.78, 5) is 16.1. The Morgan fingerprint density at radius 2 is 2.14 bits per heavy atom. The number of nitrogens with one attached hydrogen (secondary N) is 1. The van der Waals surface area contributed by atoms with E-state index in [4.69, 9.17) is 4.99 Å². The van der Waals surface area contributed by atoms with E-state index in [0.717, 1.165) is 24.1 Å². The Kier molecular flexibility index (Phi) is 5.50. The maximum atomic E-state index is 11.3. The second-order valence-corrected chi connectivity index (χ2v) is 13.3. The molecule has 2 rings (SSSR count). The number of carbonyl (C=O) groups excluding carboxylic acids is 1. The van der Waals surface area contributed by atoms with Gasteiger partial charge in [0.05, 0.1) is 19.2 Å². The van der Waals surface area contributed by atoms with E-state index in [1.54, 1.807) is 18.7 Å². The molecule has 0 radical (unpaired) electrons. The molecule has 0 fully saturated rings. The van der Waals surface area contributed by atoms with E-state index in [1.165, 1.54) is 16.7 Å². The number of hydrogen-bond donors (Lipinski definition) is 1. The minimum atomic E-state index is -1.17. The molecule has 22 heavy (non-hydrogen) atoms. The van der Waals surface area contributed by atoms with Gasteiger partial charge >= 0.3 is 0 Å². The number of carbonyl (C=O) groups is 1. The van der Waals surface area contributed by atoms with Crippen LogP contribution < -0.4 is 5.32 Å². The van der Waals surface area contributed by atoms with Gasteiger partial charge in [0.2, 0.25) is 5.91 Å². The molecule has 0 heterocycles. The Bertz CT molecular complexity index is 593. The van der Waals surface area contributed by atoms with Gasteiger partial charge in [0.15, 0.2) is 0 Å². The first kappa shape index (κ1) is 17.3. The van der Waals surface area contributed by atoms with Gasteiger partial charge in [0, 0.05) is 18.7 Å². The zero-order valence-electron chi connectivity index (χ0n) is 14.2. The predicted molar refractivity (Wildman–Crippen MR) is 99.6 cm³/mol. The number of hydrogen-bond acceptors (Lipinski definition) is 3. The van der Waals surface area contributed by atoms with Crippen LogP contribution in [0, 0.1) is 0 Å². The van der Waals surface area contributed by atoms with Gasteiger partial charge in [-0.2, -0.15) is 0 Å². The van der Waals surface area contributed by atoms with Crippen molar-refractivity contribution in [1.29, 1.82) is 0 Å². The predicted octanol–water partition coefficient (Wildman–Crippen LogP) is 3.80. The number of benzene rings is 1. The number of aliphatic imine (C=N–C) groups is 1. The first-order chi connectivity index (χ1) is 10.3. The Morgan fingerprint density at radius 3 is 2.73 bits per heavy atom. The van der Waals surface area contributed by atoms with Crippen molar-refractivity contribution in [1.82, 2.24) is 5.32 Å². The highest BCUT2D eigenvalue weighted by atomic mass is 32.2. The summed E-state index contributed by atoms with van der Waals surface area (Å²) in [5.41, 5.74) is 3.84. The van der Waals surface area contributed by atoms with Crippen molar-refractivity contribution >= 4 is 30.8 Å². The van der Waals surface area contributed by atoms with Crippen LogP contribution in [0.3, 0.4) is 0 Å². The zero-order valence-corrected chi connectivity index (χ0v) is 16.0. The lowest BCUT2D eigenvalue weighted by molar-refractivity contribution is -0.119. The minimum absolute atomic E-state index is 0.0448. The Morgan fingerprint density at radius 1 is 1.41 bits per heavy atom. The summed E-state index contributed by atoms with van der Waals surface area (Å²) in [6.45, 7) is 8.61. The van der Waals surface area contributed by atoms with Crippen molar-refractivity contribution < 1.29 is 4.79 Å². The average molecular weight is 335 g/mol. The molecule has 0 spiro atoms. The van der Waals surface area contributed by atoms with Gasteiger partial charge in [-0.25, -0.2) is 0 Å². The number of aryl methyl sites for hydroxylation is 1. The quantitative estimate of drug-likeness (QED) is 0.517. The summed E-state index contributed by atoms with van der Waals surface area (Å²) in [5, 5.41) is 4.17. The van der Waals surface area contributed by atoms with E-state index in [-0.39, 0.29) is 11.9 Å². The summed E-state index contributed by atoms with van der Waals surface area (Å²) in [6, 6.07) is 6.76. The summed E-state index contributed by atoms with van der Waals surface area (Å²) >= 11 is 1.72. The molecule has 1 aliphatic carbocycles. The van der Waals surface area contributed by atoms with Crippen molar-refractivity contribution in [3.8, 4) is 0 Å². The summed E-state index contributed by atoms with van der Waals surface area (Å²) < 4.78 is 0. The first-order valence-electron chi connectivity index (χ1n) is 7.79. The normalized spacial score (nSPS) is 18.2. The Balaban J connectivity index is 2.22. The molecule has 1 aromatic rings. The monoisotopic (exact) mass is 334 g/mol. The number of nitrogens with zero attached hydrogens (tertiary/aromatic N) is 1. The summed E-state index contributed by atoms with van der Waals surface area (Å²) in [5.74, 6) is 0.0448. The highest BCUT2D eigenvalue weighted by molar-refractivity contribution is 8.13. The van der Waals surface area contributed by atoms with Gasteiger partial charge in [-0.05, 0) is 36.3 Å². The molecule has 0 bridgehead atoms. The lowest BCUT2D eigenvalue weighted by atomic mass is 10.1. The van der Waals surface area contributed by atoms with E-state index in [0.29, 0.717) is 0 Å². The molecule has 0 saturated heterocycles. The maximum Gasteiger partial charge on any atom is 0.217 e. The fourth-order valence-corrected chi connectivity index (χ4v) is 4.03. The SMILES string of the molecule is CS/C(=N/C[Si](C)(C)C)c1ccc2c(c1)CCC2NC(C)=O. The maximum absolute atomic E-state index is 11.3. The minimum Gasteiger partial charge on any atom is -0.350 e. The molecule has 0 saturated carbocycles. The third kappa shape index (κ3) is 4.46. The molecule has 1 aliphatic rings. The van der Waals surface area contributed by atoms with Gasteiger partial charge < -0.3 is 5.32 Å². The van der Waals surface area contributed by atoms with Crippen molar-refractivity contribution in [2.45, 2.75) is 45.4 Å². The first-order valence-corrected chi connectivity index (χ1v) is 12.7. The van der Waals surface area contributed by atoms with Crippen LogP contribution in [-0.4, -0.2) is 31.4 Å². The van der Waals surface area contributed by atoms with Crippen molar-refractivity contribution in [2.75, 3.05) is 12.4 Å². The van der Waals surface area contributed by atoms with Crippen LogP contribution in [-0.2, 0) is 11.2 Å². The summed E-state index contributed by atoms with van der Waals surface area (Å²) in [6.07, 6.45) is 5.09. The number of fused-ring (bicyclic) bond motifs is 1. The molecule has 1 atom stereocenters. The molecule has 120 valence electrons. The topological polar surface area (TPSA) is 41.5 Å². The third-order valence-corrected chi connectivity index (χ3v) is 5.59. The standard InChI is InChI=1S/C17H26N2OSSi/c1-12(20)19-16-9-7-13-10-14(6-8-15(13)16)17(21-2)18-11-22(3,4)5/h6,8,10,16H,7,9,11H2,1-5H3,(H,19,20)/b18-17+. The van der Waals surface area contributed by atoms with Crippen LogP contribution in [0.15, 0.2) is 23.2 Å². The smallest absolute Gasteiger partial charge is 0.217 e. The Hall–Kier alpha value is -1.07. The molecule has 3 nitrogen and oxygen atoms in total. The highest BCUT2D eigenvalue weighted by Gasteiger charge is 2.23. The highest BCUT2D eigenvalue weighted by Crippen LogP contribution is 2.32. The van der Waals surface area contributed by atoms with Crippen molar-refractivity contribution in [3.05, 3.63) is 34.9 Å². The number of amides is 1. The van der Waals surface area contributed by atoms with E-state index >= 15 is 0 Å². The third-order valence-electron chi connectivity index (χ3n) is 3.74. The fraction of sp³-hybridized carbons (Fsp3) is 0.529. The van der Waals surface area contributed by atoms with Crippen LogP contribution in [0.4, 0.5) is 0 Å². The molecule has 1 aromatic carbocycles. The van der Waals surface area contributed by atoms with Crippen LogP contribution in [0.25, 0.3) is 0 Å². The molecule has 1 N–H and O–H groups in total. The molecular weight excluding hydrogens is 308 g/mol.